The third kappa shape index (κ3) is 2.70. The zero-order valence-electron chi connectivity index (χ0n) is 12.1. The number of aryl methyl sites for hydroxylation is 3. The van der Waals surface area contributed by atoms with Crippen LogP contribution in [0.5, 0.6) is 0 Å². The predicted molar refractivity (Wildman–Crippen MR) is 77.2 cm³/mol. The van der Waals surface area contributed by atoms with Crippen LogP contribution in [0.1, 0.15) is 22.6 Å². The largest absolute Gasteiger partial charge is 0.351 e. The van der Waals surface area contributed by atoms with Crippen molar-refractivity contribution in [1.82, 2.24) is 19.3 Å². The van der Waals surface area contributed by atoms with E-state index in [0.717, 1.165) is 30.4 Å². The Hall–Kier alpha value is -2.04. The Balaban J connectivity index is 2.16. The van der Waals surface area contributed by atoms with E-state index in [9.17, 15) is 0 Å². The molecular weight excluding hydrogens is 238 g/mol. The summed E-state index contributed by atoms with van der Waals surface area (Å²) >= 11 is 0. The number of hydrogen-bond acceptors (Lipinski definition) is 3. The monoisotopic (exact) mass is 259 g/mol. The molecule has 0 aliphatic rings. The molecule has 0 bridgehead atoms. The lowest BCUT2D eigenvalue weighted by Gasteiger charge is -2.08. The second-order valence-electron chi connectivity index (χ2n) is 4.77. The van der Waals surface area contributed by atoms with Crippen molar-refractivity contribution < 1.29 is 0 Å². The lowest BCUT2D eigenvalue weighted by Crippen LogP contribution is -2.08. The molecule has 2 heterocycles. The minimum absolute atomic E-state index is 0.735. The molecule has 0 aliphatic heterocycles. The SMILES string of the molecule is C=CCn1cc(C)nc1NCc1c(C)nn(C)c1C. The molecule has 0 atom stereocenters. The summed E-state index contributed by atoms with van der Waals surface area (Å²) in [6.45, 7) is 11.4. The Morgan fingerprint density at radius 3 is 2.68 bits per heavy atom. The normalized spacial score (nSPS) is 10.7. The van der Waals surface area contributed by atoms with Gasteiger partial charge in [0.25, 0.3) is 0 Å². The fourth-order valence-corrected chi connectivity index (χ4v) is 2.21. The van der Waals surface area contributed by atoms with E-state index in [-0.39, 0.29) is 0 Å². The van der Waals surface area contributed by atoms with E-state index in [4.69, 9.17) is 0 Å². The second kappa shape index (κ2) is 5.30. The highest BCUT2D eigenvalue weighted by Crippen LogP contribution is 2.15. The van der Waals surface area contributed by atoms with E-state index in [1.165, 1.54) is 11.3 Å². The van der Waals surface area contributed by atoms with Gasteiger partial charge < -0.3 is 9.88 Å². The van der Waals surface area contributed by atoms with Crippen LogP contribution < -0.4 is 5.32 Å². The molecule has 0 amide bonds. The molecule has 0 fully saturated rings. The third-order valence-corrected chi connectivity index (χ3v) is 3.30. The first-order valence-corrected chi connectivity index (χ1v) is 6.40. The lowest BCUT2D eigenvalue weighted by molar-refractivity contribution is 0.730. The van der Waals surface area contributed by atoms with Gasteiger partial charge in [0.05, 0.1) is 11.4 Å². The first-order valence-electron chi connectivity index (χ1n) is 6.40. The molecule has 0 saturated carbocycles. The van der Waals surface area contributed by atoms with Gasteiger partial charge >= 0.3 is 0 Å². The van der Waals surface area contributed by atoms with Gasteiger partial charge in [-0.3, -0.25) is 4.68 Å². The van der Waals surface area contributed by atoms with Crippen molar-refractivity contribution in [3.05, 3.63) is 41.5 Å². The van der Waals surface area contributed by atoms with Crippen LogP contribution in [0.15, 0.2) is 18.9 Å². The van der Waals surface area contributed by atoms with Crippen molar-refractivity contribution in [3.63, 3.8) is 0 Å². The number of allylic oxidation sites excluding steroid dienone is 1. The van der Waals surface area contributed by atoms with Gasteiger partial charge in [0, 0.05) is 37.6 Å². The van der Waals surface area contributed by atoms with Crippen molar-refractivity contribution >= 4 is 5.95 Å². The summed E-state index contributed by atoms with van der Waals surface area (Å²) in [4.78, 5) is 4.49. The predicted octanol–water partition coefficient (Wildman–Crippen LogP) is 2.34. The van der Waals surface area contributed by atoms with E-state index >= 15 is 0 Å². The Morgan fingerprint density at radius 2 is 2.11 bits per heavy atom. The van der Waals surface area contributed by atoms with E-state index in [0.29, 0.717) is 0 Å². The van der Waals surface area contributed by atoms with Crippen molar-refractivity contribution in [1.29, 1.82) is 0 Å². The molecule has 102 valence electrons. The van der Waals surface area contributed by atoms with E-state index in [1.54, 1.807) is 0 Å². The lowest BCUT2D eigenvalue weighted by atomic mass is 10.2. The average Bonchev–Trinajstić information content (AvgIpc) is 2.80. The van der Waals surface area contributed by atoms with Gasteiger partial charge in [-0.15, -0.1) is 6.58 Å². The summed E-state index contributed by atoms with van der Waals surface area (Å²) in [6, 6.07) is 0. The number of rotatable bonds is 5. The summed E-state index contributed by atoms with van der Waals surface area (Å²) < 4.78 is 3.97. The minimum atomic E-state index is 0.735. The summed E-state index contributed by atoms with van der Waals surface area (Å²) in [5.74, 6) is 0.875. The van der Waals surface area contributed by atoms with Gasteiger partial charge in [-0.25, -0.2) is 4.98 Å². The van der Waals surface area contributed by atoms with Crippen LogP contribution in [0.4, 0.5) is 5.95 Å². The van der Waals surface area contributed by atoms with E-state index < -0.39 is 0 Å². The van der Waals surface area contributed by atoms with Crippen LogP contribution in [-0.2, 0) is 20.1 Å². The van der Waals surface area contributed by atoms with Crippen LogP contribution in [0.3, 0.4) is 0 Å². The van der Waals surface area contributed by atoms with Gasteiger partial charge in [-0.2, -0.15) is 5.10 Å². The number of imidazole rings is 1. The third-order valence-electron chi connectivity index (χ3n) is 3.30. The van der Waals surface area contributed by atoms with Crippen LogP contribution in [0.2, 0.25) is 0 Å². The minimum Gasteiger partial charge on any atom is -0.351 e. The molecule has 5 nitrogen and oxygen atoms in total. The molecule has 0 aliphatic carbocycles. The van der Waals surface area contributed by atoms with Crippen molar-refractivity contribution in [2.75, 3.05) is 5.32 Å². The Kier molecular flexibility index (Phi) is 3.74. The molecule has 0 saturated heterocycles. The number of nitrogens with zero attached hydrogens (tertiary/aromatic N) is 4. The molecule has 0 unspecified atom stereocenters. The molecule has 0 spiro atoms. The Morgan fingerprint density at radius 1 is 1.37 bits per heavy atom. The van der Waals surface area contributed by atoms with Crippen LogP contribution in [-0.4, -0.2) is 19.3 Å². The van der Waals surface area contributed by atoms with Gasteiger partial charge in [-0.1, -0.05) is 6.08 Å². The number of aromatic nitrogens is 4. The maximum absolute atomic E-state index is 4.49. The molecule has 1 N–H and O–H groups in total. The van der Waals surface area contributed by atoms with Gasteiger partial charge in [0.1, 0.15) is 0 Å². The fraction of sp³-hybridized carbons (Fsp3) is 0.429. The molecule has 2 aromatic heterocycles. The Bertz CT molecular complexity index is 591. The molecule has 2 aromatic rings. The number of hydrogen-bond donors (Lipinski definition) is 1. The highest BCUT2D eigenvalue weighted by atomic mass is 15.3. The average molecular weight is 259 g/mol. The summed E-state index contributed by atoms with van der Waals surface area (Å²) in [5, 5.41) is 7.80. The van der Waals surface area contributed by atoms with Gasteiger partial charge in [0.15, 0.2) is 0 Å². The molecule has 0 radical (unpaired) electrons. The van der Waals surface area contributed by atoms with E-state index in [1.807, 2.05) is 37.8 Å². The smallest absolute Gasteiger partial charge is 0.203 e. The van der Waals surface area contributed by atoms with E-state index in [2.05, 4.69) is 33.5 Å². The maximum Gasteiger partial charge on any atom is 0.203 e. The topological polar surface area (TPSA) is 47.7 Å². The van der Waals surface area contributed by atoms with Crippen LogP contribution in [0, 0.1) is 20.8 Å². The number of anilines is 1. The molecule has 5 heteroatoms. The molecule has 0 aromatic carbocycles. The summed E-state index contributed by atoms with van der Waals surface area (Å²) in [6.07, 6.45) is 3.89. The maximum atomic E-state index is 4.49. The Labute approximate surface area is 114 Å². The quantitative estimate of drug-likeness (QED) is 0.838. The highest BCUT2D eigenvalue weighted by Gasteiger charge is 2.10. The van der Waals surface area contributed by atoms with Crippen molar-refractivity contribution in [2.45, 2.75) is 33.9 Å². The summed E-state index contributed by atoms with van der Waals surface area (Å²) in [7, 11) is 1.97. The van der Waals surface area contributed by atoms with Crippen LogP contribution >= 0.6 is 0 Å². The van der Waals surface area contributed by atoms with Crippen molar-refractivity contribution in [2.24, 2.45) is 7.05 Å². The number of nitrogens with one attached hydrogen (secondary N) is 1. The zero-order valence-corrected chi connectivity index (χ0v) is 12.1. The fourth-order valence-electron chi connectivity index (χ4n) is 2.21. The molecule has 2 rings (SSSR count). The van der Waals surface area contributed by atoms with Gasteiger partial charge in [-0.05, 0) is 20.8 Å². The zero-order chi connectivity index (χ0) is 14.0. The first kappa shape index (κ1) is 13.4. The highest BCUT2D eigenvalue weighted by molar-refractivity contribution is 5.34. The first-order chi connectivity index (χ1) is 9.02. The standard InChI is InChI=1S/C14H21N5/c1-6-7-19-9-10(2)16-14(19)15-8-13-11(3)17-18(5)12(13)4/h6,9H,1,7-8H2,2-5H3,(H,15,16). The second-order valence-corrected chi connectivity index (χ2v) is 4.77. The molecule has 19 heavy (non-hydrogen) atoms. The molecular formula is C14H21N5. The van der Waals surface area contributed by atoms with Gasteiger partial charge in [0.2, 0.25) is 5.95 Å². The summed E-state index contributed by atoms with van der Waals surface area (Å²) in [5.41, 5.74) is 4.48. The van der Waals surface area contributed by atoms with Crippen LogP contribution in [0.25, 0.3) is 0 Å². The van der Waals surface area contributed by atoms with Crippen molar-refractivity contribution in [3.8, 4) is 0 Å².